The van der Waals surface area contributed by atoms with E-state index in [9.17, 15) is 4.79 Å². The van der Waals surface area contributed by atoms with Crippen molar-refractivity contribution in [2.75, 3.05) is 19.5 Å². The van der Waals surface area contributed by atoms with E-state index in [2.05, 4.69) is 20.5 Å². The van der Waals surface area contributed by atoms with Crippen molar-refractivity contribution in [3.8, 4) is 0 Å². The summed E-state index contributed by atoms with van der Waals surface area (Å²) in [6.07, 6.45) is 3.05. The first-order chi connectivity index (χ1) is 10.1. The largest absolute Gasteiger partial charge is 0.384 e. The highest BCUT2D eigenvalue weighted by Crippen LogP contribution is 2.10. The molecule has 2 heterocycles. The Morgan fingerprint density at radius 3 is 3.00 bits per heavy atom. The van der Waals surface area contributed by atoms with Gasteiger partial charge in [-0.1, -0.05) is 0 Å². The van der Waals surface area contributed by atoms with Gasteiger partial charge in [0.05, 0.1) is 18.2 Å². The number of nitrogen functional groups attached to an aromatic ring is 1. The van der Waals surface area contributed by atoms with Gasteiger partial charge in [0, 0.05) is 19.9 Å². The van der Waals surface area contributed by atoms with Crippen LogP contribution in [0.25, 0.3) is 0 Å². The first-order valence-electron chi connectivity index (χ1n) is 6.51. The van der Waals surface area contributed by atoms with Crippen molar-refractivity contribution in [2.24, 2.45) is 0 Å². The van der Waals surface area contributed by atoms with Crippen LogP contribution in [0.5, 0.6) is 0 Å². The van der Waals surface area contributed by atoms with E-state index in [1.165, 1.54) is 6.20 Å². The average Bonchev–Trinajstić information content (AvgIpc) is 2.94. The lowest BCUT2D eigenvalue weighted by molar-refractivity contribution is 0.0937. The van der Waals surface area contributed by atoms with Crippen molar-refractivity contribution >= 4 is 11.7 Å². The van der Waals surface area contributed by atoms with E-state index in [0.29, 0.717) is 30.4 Å². The van der Waals surface area contributed by atoms with Crippen molar-refractivity contribution in [3.05, 3.63) is 36.0 Å². The Bertz CT molecular complexity index is 595. The van der Waals surface area contributed by atoms with Gasteiger partial charge >= 0.3 is 0 Å². The van der Waals surface area contributed by atoms with Gasteiger partial charge < -0.3 is 20.4 Å². The second-order valence-electron chi connectivity index (χ2n) is 4.54. The molecule has 3 N–H and O–H groups in total. The zero-order valence-electron chi connectivity index (χ0n) is 12.0. The van der Waals surface area contributed by atoms with Crippen molar-refractivity contribution in [2.45, 2.75) is 19.5 Å². The van der Waals surface area contributed by atoms with Crippen LogP contribution in [0.3, 0.4) is 0 Å². The van der Waals surface area contributed by atoms with Crippen LogP contribution in [-0.4, -0.2) is 39.4 Å². The molecule has 0 aliphatic carbocycles. The average molecular weight is 290 g/mol. The second-order valence-corrected chi connectivity index (χ2v) is 4.54. The minimum Gasteiger partial charge on any atom is -0.384 e. The molecule has 0 fully saturated rings. The van der Waals surface area contributed by atoms with Crippen LogP contribution in [-0.2, 0) is 11.3 Å². The Balaban J connectivity index is 2.03. The van der Waals surface area contributed by atoms with Crippen molar-refractivity contribution < 1.29 is 9.53 Å². The lowest BCUT2D eigenvalue weighted by Gasteiger charge is -2.14. The van der Waals surface area contributed by atoms with Crippen molar-refractivity contribution in [1.82, 2.24) is 25.1 Å². The van der Waals surface area contributed by atoms with E-state index in [1.807, 2.05) is 11.5 Å². The highest BCUT2D eigenvalue weighted by Gasteiger charge is 2.16. The highest BCUT2D eigenvalue weighted by atomic mass is 16.5. The van der Waals surface area contributed by atoms with Gasteiger partial charge in [0.2, 0.25) is 0 Å². The van der Waals surface area contributed by atoms with Crippen LogP contribution in [0.4, 0.5) is 5.82 Å². The van der Waals surface area contributed by atoms with Crippen LogP contribution in [0.1, 0.15) is 29.1 Å². The molecule has 112 valence electrons. The number of anilines is 1. The molecular weight excluding hydrogens is 272 g/mol. The molecule has 0 radical (unpaired) electrons. The summed E-state index contributed by atoms with van der Waals surface area (Å²) in [5.41, 5.74) is 5.94. The van der Waals surface area contributed by atoms with Gasteiger partial charge in [0.15, 0.2) is 5.82 Å². The van der Waals surface area contributed by atoms with Crippen LogP contribution < -0.4 is 11.1 Å². The molecule has 1 atom stereocenters. The number of hydrogen-bond acceptors (Lipinski definition) is 6. The van der Waals surface area contributed by atoms with Gasteiger partial charge in [-0.15, -0.1) is 10.2 Å². The molecule has 2 aromatic rings. The molecule has 2 aromatic heterocycles. The maximum absolute atomic E-state index is 12.1. The number of hydrogen-bond donors (Lipinski definition) is 2. The van der Waals surface area contributed by atoms with Crippen LogP contribution in [0.2, 0.25) is 0 Å². The molecule has 1 amide bonds. The second kappa shape index (κ2) is 6.80. The number of nitrogens with one attached hydrogen (secondary N) is 1. The molecular formula is C13H18N6O2. The summed E-state index contributed by atoms with van der Waals surface area (Å²) < 4.78 is 6.87. The van der Waals surface area contributed by atoms with E-state index in [-0.39, 0.29) is 11.9 Å². The fraction of sp³-hybridized carbons (Fsp3) is 0.385. The highest BCUT2D eigenvalue weighted by molar-refractivity contribution is 5.94. The molecule has 0 aliphatic heterocycles. The molecule has 2 rings (SSSR count). The Labute approximate surface area is 122 Å². The lowest BCUT2D eigenvalue weighted by Crippen LogP contribution is -2.29. The summed E-state index contributed by atoms with van der Waals surface area (Å²) >= 11 is 0. The molecule has 8 heteroatoms. The van der Waals surface area contributed by atoms with E-state index in [0.717, 1.165) is 0 Å². The van der Waals surface area contributed by atoms with Crippen LogP contribution in [0, 0.1) is 0 Å². The van der Waals surface area contributed by atoms with Gasteiger partial charge in [-0.05, 0) is 19.1 Å². The number of carbonyl (C=O) groups excluding carboxylic acids is 1. The number of aromatic nitrogens is 4. The standard InChI is InChI=1S/C13H18N6O2/c1-9(12-18-16-8-19(12)5-6-21-2)17-13(20)10-3-4-11(14)15-7-10/h3-4,7-9H,5-6H2,1-2H3,(H2,14,15)(H,17,20)/t9-/m0/s1. The third-order valence-electron chi connectivity index (χ3n) is 2.97. The number of carbonyl (C=O) groups is 1. The first-order valence-corrected chi connectivity index (χ1v) is 6.51. The molecule has 0 saturated carbocycles. The molecule has 0 saturated heterocycles. The Morgan fingerprint density at radius 1 is 1.52 bits per heavy atom. The molecule has 0 bridgehead atoms. The number of nitrogens with two attached hydrogens (primary N) is 1. The maximum Gasteiger partial charge on any atom is 0.253 e. The Hall–Kier alpha value is -2.48. The summed E-state index contributed by atoms with van der Waals surface area (Å²) in [5, 5.41) is 10.8. The first kappa shape index (κ1) is 14.9. The minimum absolute atomic E-state index is 0.240. The number of nitrogens with zero attached hydrogens (tertiary/aromatic N) is 4. The maximum atomic E-state index is 12.1. The summed E-state index contributed by atoms with van der Waals surface area (Å²) in [4.78, 5) is 16.0. The van der Waals surface area contributed by atoms with Crippen molar-refractivity contribution in [3.63, 3.8) is 0 Å². The number of amides is 1. The van der Waals surface area contributed by atoms with E-state index >= 15 is 0 Å². The van der Waals surface area contributed by atoms with Gasteiger partial charge in [0.1, 0.15) is 12.1 Å². The summed E-state index contributed by atoms with van der Waals surface area (Å²) in [7, 11) is 1.63. The third-order valence-corrected chi connectivity index (χ3v) is 2.97. The zero-order chi connectivity index (χ0) is 15.2. The number of rotatable bonds is 6. The van der Waals surface area contributed by atoms with Gasteiger partial charge in [0.25, 0.3) is 5.91 Å². The van der Waals surface area contributed by atoms with Gasteiger partial charge in [-0.3, -0.25) is 4.79 Å². The monoisotopic (exact) mass is 290 g/mol. The SMILES string of the molecule is COCCn1cnnc1[C@H](C)NC(=O)c1ccc(N)nc1. The predicted molar refractivity (Wildman–Crippen MR) is 76.4 cm³/mol. The van der Waals surface area contributed by atoms with Crippen LogP contribution >= 0.6 is 0 Å². The summed E-state index contributed by atoms with van der Waals surface area (Å²) in [5.74, 6) is 0.805. The molecule has 0 aliphatic rings. The molecule has 21 heavy (non-hydrogen) atoms. The zero-order valence-corrected chi connectivity index (χ0v) is 12.0. The fourth-order valence-corrected chi connectivity index (χ4v) is 1.85. The summed E-state index contributed by atoms with van der Waals surface area (Å²) in [6, 6.07) is 2.93. The quantitative estimate of drug-likeness (QED) is 0.797. The smallest absolute Gasteiger partial charge is 0.253 e. The Kier molecular flexibility index (Phi) is 4.83. The summed E-state index contributed by atoms with van der Waals surface area (Å²) in [6.45, 7) is 3.02. The van der Waals surface area contributed by atoms with Gasteiger partial charge in [-0.2, -0.15) is 0 Å². The van der Waals surface area contributed by atoms with Crippen molar-refractivity contribution in [1.29, 1.82) is 0 Å². The predicted octanol–water partition coefficient (Wildman–Crippen LogP) is 0.393. The fourth-order valence-electron chi connectivity index (χ4n) is 1.85. The normalized spacial score (nSPS) is 12.1. The molecule has 0 aromatic carbocycles. The third kappa shape index (κ3) is 3.76. The van der Waals surface area contributed by atoms with E-state index in [4.69, 9.17) is 10.5 Å². The molecule has 0 unspecified atom stereocenters. The van der Waals surface area contributed by atoms with Crippen LogP contribution in [0.15, 0.2) is 24.7 Å². The minimum atomic E-state index is -0.283. The topological polar surface area (TPSA) is 108 Å². The molecule has 0 spiro atoms. The van der Waals surface area contributed by atoms with E-state index in [1.54, 1.807) is 25.6 Å². The number of ether oxygens (including phenoxy) is 1. The van der Waals surface area contributed by atoms with Gasteiger partial charge in [-0.25, -0.2) is 4.98 Å². The number of pyridine rings is 1. The lowest BCUT2D eigenvalue weighted by atomic mass is 10.2. The molecule has 8 nitrogen and oxygen atoms in total. The van der Waals surface area contributed by atoms with E-state index < -0.39 is 0 Å². The Morgan fingerprint density at radius 2 is 2.33 bits per heavy atom. The number of methoxy groups -OCH3 is 1.